The van der Waals surface area contributed by atoms with E-state index in [4.69, 9.17) is 11.6 Å². The molecule has 1 aromatic heterocycles. The smallest absolute Gasteiger partial charge is 0.251 e. The number of benzene rings is 1. The number of halogens is 1. The molecule has 1 atom stereocenters. The summed E-state index contributed by atoms with van der Waals surface area (Å²) >= 11 is 9.31. The summed E-state index contributed by atoms with van der Waals surface area (Å²) in [6.07, 6.45) is 2.64. The number of rotatable bonds is 8. The minimum atomic E-state index is -0.492. The number of nitrogens with one attached hydrogen (secondary N) is 1. The van der Waals surface area contributed by atoms with Gasteiger partial charge in [0, 0.05) is 43.2 Å². The van der Waals surface area contributed by atoms with Gasteiger partial charge in [-0.25, -0.2) is 0 Å². The minimum absolute atomic E-state index is 0.0175. The average Bonchev–Trinajstić information content (AvgIpc) is 3.15. The molecule has 0 aliphatic carbocycles. The van der Waals surface area contributed by atoms with Crippen LogP contribution in [0.4, 0.5) is 0 Å². The van der Waals surface area contributed by atoms with Crippen molar-refractivity contribution >= 4 is 46.5 Å². The summed E-state index contributed by atoms with van der Waals surface area (Å²) in [7, 11) is 0. The predicted molar refractivity (Wildman–Crippen MR) is 127 cm³/mol. The lowest BCUT2D eigenvalue weighted by atomic mass is 10.1. The fraction of sp³-hybridized carbons (Fsp3) is 0.455. The first-order valence-electron chi connectivity index (χ1n) is 10.1. The van der Waals surface area contributed by atoms with Gasteiger partial charge in [-0.15, -0.1) is 11.3 Å². The Morgan fingerprint density at radius 3 is 2.60 bits per heavy atom. The largest absolute Gasteiger partial charge is 0.340 e. The molecule has 1 unspecified atom stereocenters. The van der Waals surface area contributed by atoms with Crippen LogP contribution in [0.15, 0.2) is 36.4 Å². The predicted octanol–water partition coefficient (Wildman–Crippen LogP) is 3.91. The number of piperazine rings is 1. The molecule has 1 saturated heterocycles. The lowest BCUT2D eigenvalue weighted by Gasteiger charge is -2.36. The van der Waals surface area contributed by atoms with Gasteiger partial charge < -0.3 is 10.2 Å². The molecule has 162 valence electrons. The molecule has 2 aromatic rings. The first-order valence-corrected chi connectivity index (χ1v) is 12.7. The Labute approximate surface area is 191 Å². The van der Waals surface area contributed by atoms with Crippen LogP contribution in [-0.2, 0) is 11.3 Å². The monoisotopic (exact) mass is 465 g/mol. The molecule has 0 saturated carbocycles. The second-order valence-corrected chi connectivity index (χ2v) is 10.3. The maximum Gasteiger partial charge on any atom is 0.251 e. The Morgan fingerprint density at radius 2 is 1.97 bits per heavy atom. The first-order chi connectivity index (χ1) is 14.5. The standard InChI is InChI=1S/C22H28ClN3O2S2/c1-16-4-3-5-17(14-16)21(27)24-19(8-13-29-2)22(28)26-11-9-25(10-12-26)15-18-6-7-20(23)30-18/h3-7,14,19H,8-13,15H2,1-2H3,(H,24,27). The van der Waals surface area contributed by atoms with E-state index in [9.17, 15) is 9.59 Å². The van der Waals surface area contributed by atoms with Gasteiger partial charge in [0.05, 0.1) is 4.34 Å². The number of thiophene rings is 1. The van der Waals surface area contributed by atoms with Crippen LogP contribution in [0.3, 0.4) is 0 Å². The van der Waals surface area contributed by atoms with E-state index < -0.39 is 6.04 Å². The van der Waals surface area contributed by atoms with Crippen LogP contribution in [0.25, 0.3) is 0 Å². The van der Waals surface area contributed by atoms with E-state index in [1.54, 1.807) is 29.2 Å². The van der Waals surface area contributed by atoms with Crippen molar-refractivity contribution in [2.24, 2.45) is 0 Å². The molecule has 2 heterocycles. The molecule has 3 rings (SSSR count). The number of nitrogens with zero attached hydrogens (tertiary/aromatic N) is 2. The van der Waals surface area contributed by atoms with Crippen molar-refractivity contribution in [2.75, 3.05) is 38.2 Å². The van der Waals surface area contributed by atoms with Gasteiger partial charge in [-0.05, 0) is 49.6 Å². The molecule has 5 nitrogen and oxygen atoms in total. The number of hydrogen-bond acceptors (Lipinski definition) is 5. The van der Waals surface area contributed by atoms with Crippen molar-refractivity contribution in [3.05, 3.63) is 56.7 Å². The maximum atomic E-state index is 13.2. The van der Waals surface area contributed by atoms with E-state index in [2.05, 4.69) is 16.3 Å². The molecular weight excluding hydrogens is 438 g/mol. The third-order valence-electron chi connectivity index (χ3n) is 5.19. The van der Waals surface area contributed by atoms with E-state index in [-0.39, 0.29) is 11.8 Å². The summed E-state index contributed by atoms with van der Waals surface area (Å²) in [5, 5.41) is 2.98. The van der Waals surface area contributed by atoms with E-state index in [1.807, 2.05) is 42.3 Å². The molecule has 1 N–H and O–H groups in total. The summed E-state index contributed by atoms with van der Waals surface area (Å²) in [6.45, 7) is 5.81. The zero-order valence-electron chi connectivity index (χ0n) is 17.4. The van der Waals surface area contributed by atoms with Gasteiger partial charge in [0.25, 0.3) is 5.91 Å². The van der Waals surface area contributed by atoms with Crippen LogP contribution in [-0.4, -0.2) is 65.8 Å². The molecule has 8 heteroatoms. The number of aryl methyl sites for hydroxylation is 1. The summed E-state index contributed by atoms with van der Waals surface area (Å²) in [5.41, 5.74) is 1.62. The maximum absolute atomic E-state index is 13.2. The summed E-state index contributed by atoms with van der Waals surface area (Å²) in [4.78, 5) is 31.4. The van der Waals surface area contributed by atoms with Crippen LogP contribution in [0.1, 0.15) is 27.2 Å². The SMILES string of the molecule is CSCCC(NC(=O)c1cccc(C)c1)C(=O)N1CCN(Cc2ccc(Cl)s2)CC1. The highest BCUT2D eigenvalue weighted by Crippen LogP contribution is 2.23. The zero-order valence-corrected chi connectivity index (χ0v) is 19.8. The number of hydrogen-bond donors (Lipinski definition) is 1. The lowest BCUT2D eigenvalue weighted by molar-refractivity contribution is -0.135. The fourth-order valence-corrected chi connectivity index (χ4v) is 5.13. The van der Waals surface area contributed by atoms with Gasteiger partial charge in [-0.3, -0.25) is 14.5 Å². The Kier molecular flexibility index (Phi) is 8.62. The molecule has 1 aromatic carbocycles. The molecule has 30 heavy (non-hydrogen) atoms. The van der Waals surface area contributed by atoms with Crippen molar-refractivity contribution < 1.29 is 9.59 Å². The van der Waals surface area contributed by atoms with Crippen molar-refractivity contribution in [1.29, 1.82) is 0 Å². The minimum Gasteiger partial charge on any atom is -0.340 e. The van der Waals surface area contributed by atoms with E-state index in [0.29, 0.717) is 25.1 Å². The topological polar surface area (TPSA) is 52.7 Å². The van der Waals surface area contributed by atoms with Gasteiger partial charge in [-0.1, -0.05) is 29.3 Å². The van der Waals surface area contributed by atoms with E-state index in [1.165, 1.54) is 4.88 Å². The van der Waals surface area contributed by atoms with Crippen LogP contribution in [0.2, 0.25) is 4.34 Å². The Morgan fingerprint density at radius 1 is 1.20 bits per heavy atom. The van der Waals surface area contributed by atoms with Crippen LogP contribution in [0, 0.1) is 6.92 Å². The van der Waals surface area contributed by atoms with Gasteiger partial charge in [-0.2, -0.15) is 11.8 Å². The second-order valence-electron chi connectivity index (χ2n) is 7.48. The Hall–Kier alpha value is -1.54. The van der Waals surface area contributed by atoms with Crippen LogP contribution in [0.5, 0.6) is 0 Å². The van der Waals surface area contributed by atoms with Crippen molar-refractivity contribution in [1.82, 2.24) is 15.1 Å². The number of carbonyl (C=O) groups is 2. The van der Waals surface area contributed by atoms with Gasteiger partial charge in [0.15, 0.2) is 0 Å². The van der Waals surface area contributed by atoms with Crippen molar-refractivity contribution in [3.8, 4) is 0 Å². The number of amides is 2. The highest BCUT2D eigenvalue weighted by Gasteiger charge is 2.28. The number of thioether (sulfide) groups is 1. The molecule has 2 amide bonds. The Balaban J connectivity index is 1.57. The fourth-order valence-electron chi connectivity index (χ4n) is 3.52. The molecule has 0 bridgehead atoms. The van der Waals surface area contributed by atoms with E-state index in [0.717, 1.165) is 35.3 Å². The molecule has 0 radical (unpaired) electrons. The third-order valence-corrected chi connectivity index (χ3v) is 7.05. The van der Waals surface area contributed by atoms with Gasteiger partial charge in [0.1, 0.15) is 6.04 Å². The Bertz CT molecular complexity index is 866. The third kappa shape index (κ3) is 6.48. The highest BCUT2D eigenvalue weighted by molar-refractivity contribution is 7.98. The van der Waals surface area contributed by atoms with Crippen LogP contribution >= 0.6 is 34.7 Å². The highest BCUT2D eigenvalue weighted by atomic mass is 35.5. The van der Waals surface area contributed by atoms with Gasteiger partial charge in [0.2, 0.25) is 5.91 Å². The lowest BCUT2D eigenvalue weighted by Crippen LogP contribution is -2.54. The zero-order chi connectivity index (χ0) is 21.5. The van der Waals surface area contributed by atoms with Crippen LogP contribution < -0.4 is 5.32 Å². The average molecular weight is 466 g/mol. The summed E-state index contributed by atoms with van der Waals surface area (Å²) < 4.78 is 0.805. The summed E-state index contributed by atoms with van der Waals surface area (Å²) in [6, 6.07) is 10.9. The molecule has 1 aliphatic rings. The normalized spacial score (nSPS) is 15.8. The molecular formula is C22H28ClN3O2S2. The number of carbonyl (C=O) groups excluding carboxylic acids is 2. The van der Waals surface area contributed by atoms with Crippen molar-refractivity contribution in [2.45, 2.75) is 25.9 Å². The molecule has 1 aliphatic heterocycles. The second kappa shape index (κ2) is 11.2. The van der Waals surface area contributed by atoms with Gasteiger partial charge >= 0.3 is 0 Å². The quantitative estimate of drug-likeness (QED) is 0.642. The first kappa shape index (κ1) is 23.1. The van der Waals surface area contributed by atoms with Crippen molar-refractivity contribution in [3.63, 3.8) is 0 Å². The van der Waals surface area contributed by atoms with E-state index >= 15 is 0 Å². The molecule has 0 spiro atoms. The summed E-state index contributed by atoms with van der Waals surface area (Å²) in [5.74, 6) is 0.652. The molecule has 1 fully saturated rings.